The number of fused-ring (bicyclic) bond motifs is 4. The molecular formula is C75H74ClN7O15S2. The third-order valence-electron chi connectivity index (χ3n) is 16.3. The van der Waals surface area contributed by atoms with Gasteiger partial charge in [-0.05, 0) is 182 Å². The van der Waals surface area contributed by atoms with Gasteiger partial charge in [0.25, 0.3) is 27.5 Å². The number of carbonyl (C=O) groups excluding carboxylic acids is 6. The van der Waals surface area contributed by atoms with Gasteiger partial charge in [-0.25, -0.2) is 32.8 Å². The molecule has 0 aliphatic heterocycles. The molecule has 0 fully saturated rings. The Morgan fingerprint density at radius 3 is 1.97 bits per heavy atom. The SMILES string of the molecule is CNC(=O)NC(=O)C(C)OC(=O)c1c2c(nc3ccccc13)/C(=C/c1cccs1)CCC2.COCCNC(=O)COC(=O)c1c2c(nc3ccccc13)/C(=C/c1ccc(O)cc1)CCC2.COc1ccc(N(CC(=O)CCCCc2ccccc2)S(=O)(=O)c2ccc(Cl)c([N+](=O)[O-])c2)cc1. The minimum absolute atomic E-state index is 0.181. The predicted molar refractivity (Wildman–Crippen MR) is 385 cm³/mol. The molecule has 22 nitrogen and oxygen atoms in total. The molecule has 9 aromatic rings. The molecule has 0 spiro atoms. The van der Waals surface area contributed by atoms with Crippen LogP contribution in [0.25, 0.3) is 45.1 Å². The summed E-state index contributed by atoms with van der Waals surface area (Å²) in [6.07, 6.45) is 10.3. The van der Waals surface area contributed by atoms with Gasteiger partial charge in [0, 0.05) is 48.8 Å². The molecule has 0 saturated heterocycles. The van der Waals surface area contributed by atoms with Crippen molar-refractivity contribution in [2.45, 2.75) is 82.1 Å². The average molecular weight is 1410 g/mol. The lowest BCUT2D eigenvalue weighted by molar-refractivity contribution is -0.384. The predicted octanol–water partition coefficient (Wildman–Crippen LogP) is 13.3. The fraction of sp³-hybridized carbons (Fsp3) is 0.253. The molecule has 6 aromatic carbocycles. The lowest BCUT2D eigenvalue weighted by Crippen LogP contribution is -2.43. The summed E-state index contributed by atoms with van der Waals surface area (Å²) in [5.74, 6) is -1.74. The molecule has 11 rings (SSSR count). The second-order valence-electron chi connectivity index (χ2n) is 23.2. The number of thiophene rings is 1. The van der Waals surface area contributed by atoms with Crippen molar-refractivity contribution in [3.63, 3.8) is 0 Å². The number of ketones is 1. The Hall–Kier alpha value is -10.7. The van der Waals surface area contributed by atoms with E-state index < -0.39 is 57.2 Å². The fourth-order valence-corrected chi connectivity index (χ4v) is 13.7. The van der Waals surface area contributed by atoms with E-state index in [1.807, 2.05) is 109 Å². The number of halogens is 1. The molecule has 1 unspecified atom stereocenters. The normalized spacial score (nSPS) is 13.4. The van der Waals surface area contributed by atoms with Crippen LogP contribution in [0.5, 0.6) is 11.5 Å². The number of urea groups is 1. The Kier molecular flexibility index (Phi) is 25.9. The van der Waals surface area contributed by atoms with Crippen molar-refractivity contribution in [1.29, 1.82) is 0 Å². The van der Waals surface area contributed by atoms with Gasteiger partial charge in [-0.1, -0.05) is 96.5 Å². The lowest BCUT2D eigenvalue weighted by Gasteiger charge is -2.24. The van der Waals surface area contributed by atoms with Crippen molar-refractivity contribution in [2.75, 3.05) is 51.9 Å². The number of nitrogens with one attached hydrogen (secondary N) is 3. The molecule has 1 atom stereocenters. The lowest BCUT2D eigenvalue weighted by atomic mass is 9.86. The van der Waals surface area contributed by atoms with Crippen LogP contribution in [-0.4, -0.2) is 118 Å². The van der Waals surface area contributed by atoms with Gasteiger partial charge in [0.1, 0.15) is 16.5 Å². The molecule has 0 saturated carbocycles. The number of aromatic nitrogens is 2. The number of esters is 2. The number of ether oxygens (including phenoxy) is 4. The third-order valence-corrected chi connectivity index (χ3v) is 19.2. The number of aryl methyl sites for hydroxylation is 1. The standard InChI is InChI=1S/C26H26N2O5.C25H25ClN2O6S.C24H23N3O4S/c1-32-14-13-27-23(30)16-33-26(31)24-20-6-2-3-8-22(20)28-25-18(5-4-7-21(24)25)15-17-9-11-19(29)12-10-17;1-34-22-13-11-20(12-14-22)27(18-21(29)10-6-5-9-19-7-3-2-4-8-19)35(32,33)23-15-16-24(26)25(17-23)28(30)31;1-14(22(28)27-24(30)25-2)31-23(29)20-17-9-3-4-11-19(17)26-21-15(7-5-10-18(20)21)13-16-8-6-12-32-16/h2-3,6,8-12,15,29H,4-5,7,13-14,16H2,1H3,(H,27,30);2-4,7-8,11-17H,5-6,9-10,18H2,1H3;3-4,6,8-9,11-14H,5,7,10H2,1-2H3,(H2,25,27,28,30)/b18-15+;;15-13+. The van der Waals surface area contributed by atoms with Gasteiger partial charge in [0.05, 0.1) is 69.3 Å². The number of Topliss-reactive ketones (excluding diaryl/α,β-unsaturated/α-hetero) is 1. The molecule has 100 heavy (non-hydrogen) atoms. The van der Waals surface area contributed by atoms with E-state index in [2.05, 4.69) is 28.1 Å². The summed E-state index contributed by atoms with van der Waals surface area (Å²) in [5.41, 5.74) is 9.49. The number of hydrogen-bond acceptors (Lipinski definition) is 18. The Morgan fingerprint density at radius 2 is 1.37 bits per heavy atom. The summed E-state index contributed by atoms with van der Waals surface area (Å²) in [6, 6.07) is 44.6. The van der Waals surface area contributed by atoms with Crippen LogP contribution in [0.3, 0.4) is 0 Å². The van der Waals surface area contributed by atoms with Gasteiger partial charge in [-0.2, -0.15) is 0 Å². The van der Waals surface area contributed by atoms with E-state index in [9.17, 15) is 52.4 Å². The molecule has 25 heteroatoms. The Labute approximate surface area is 587 Å². The zero-order chi connectivity index (χ0) is 71.3. The molecular weight excluding hydrogens is 1340 g/mol. The number of phenols is 1. The first kappa shape index (κ1) is 73.6. The van der Waals surface area contributed by atoms with Crippen LogP contribution in [0.15, 0.2) is 168 Å². The summed E-state index contributed by atoms with van der Waals surface area (Å²) < 4.78 is 48.9. The van der Waals surface area contributed by atoms with E-state index in [4.69, 9.17) is 40.5 Å². The molecule has 4 amide bonds. The highest BCUT2D eigenvalue weighted by atomic mass is 35.5. The van der Waals surface area contributed by atoms with Crippen LogP contribution < -0.4 is 25.0 Å². The van der Waals surface area contributed by atoms with Gasteiger partial charge in [-0.15, -0.1) is 11.3 Å². The zero-order valence-electron chi connectivity index (χ0n) is 55.4. The number of imide groups is 1. The number of nitro groups is 1. The summed E-state index contributed by atoms with van der Waals surface area (Å²) in [5, 5.41) is 31.2. The Balaban J connectivity index is 0.000000175. The number of sulfonamides is 1. The van der Waals surface area contributed by atoms with E-state index in [1.165, 1.54) is 44.8 Å². The van der Waals surface area contributed by atoms with Crippen molar-refractivity contribution in [3.05, 3.63) is 228 Å². The first-order valence-electron chi connectivity index (χ1n) is 32.2. The van der Waals surface area contributed by atoms with Gasteiger partial charge >= 0.3 is 18.0 Å². The van der Waals surface area contributed by atoms with Crippen LogP contribution >= 0.6 is 22.9 Å². The van der Waals surface area contributed by atoms with Crippen LogP contribution in [0, 0.1) is 10.1 Å². The first-order chi connectivity index (χ1) is 48.3. The number of unbranched alkanes of at least 4 members (excludes halogenated alkanes) is 1. The summed E-state index contributed by atoms with van der Waals surface area (Å²) >= 11 is 7.50. The van der Waals surface area contributed by atoms with Gasteiger partial charge in [0.2, 0.25) is 0 Å². The third kappa shape index (κ3) is 19.2. The zero-order valence-corrected chi connectivity index (χ0v) is 57.8. The van der Waals surface area contributed by atoms with Crippen LogP contribution in [0.2, 0.25) is 5.02 Å². The van der Waals surface area contributed by atoms with Gasteiger partial charge in [-0.3, -0.25) is 34.1 Å². The maximum atomic E-state index is 13.5. The van der Waals surface area contributed by atoms with E-state index in [0.717, 1.165) is 99.1 Å². The fourth-order valence-electron chi connectivity index (χ4n) is 11.3. The molecule has 3 aromatic heterocycles. The number of pyridine rings is 2. The maximum Gasteiger partial charge on any atom is 0.339 e. The second kappa shape index (κ2) is 35.2. The van der Waals surface area contributed by atoms with Crippen molar-refractivity contribution in [2.24, 2.45) is 0 Å². The van der Waals surface area contributed by atoms with Crippen LogP contribution in [-0.2, 0) is 57.9 Å². The number of rotatable bonds is 23. The Bertz CT molecular complexity index is 4630. The second-order valence-corrected chi connectivity index (χ2v) is 26.4. The number of anilines is 1. The minimum atomic E-state index is -4.31. The van der Waals surface area contributed by atoms with Crippen LogP contribution in [0.4, 0.5) is 16.2 Å². The number of nitrogens with zero attached hydrogens (tertiary/aromatic N) is 4. The molecule has 2 aliphatic carbocycles. The van der Waals surface area contributed by atoms with Crippen molar-refractivity contribution < 1.29 is 66.2 Å². The van der Waals surface area contributed by atoms with E-state index in [1.54, 1.807) is 42.7 Å². The molecule has 518 valence electrons. The number of allylic oxidation sites excluding steroid dienone is 2. The van der Waals surface area contributed by atoms with Crippen molar-refractivity contribution in [3.8, 4) is 11.5 Å². The number of phenolic OH excluding ortho intramolecular Hbond substituents is 1. The number of para-hydroxylation sites is 2. The number of nitro benzene ring substituents is 1. The number of hydrogen-bond donors (Lipinski definition) is 4. The molecule has 3 heterocycles. The highest BCUT2D eigenvalue weighted by molar-refractivity contribution is 7.92. The summed E-state index contributed by atoms with van der Waals surface area (Å²) in [7, 11) is 0.124. The molecule has 0 radical (unpaired) electrons. The first-order valence-corrected chi connectivity index (χ1v) is 34.9. The summed E-state index contributed by atoms with van der Waals surface area (Å²) in [6.45, 7) is 1.42. The van der Waals surface area contributed by atoms with E-state index in [-0.39, 0.29) is 46.1 Å². The number of benzene rings is 6. The highest BCUT2D eigenvalue weighted by Crippen LogP contribution is 2.39. The van der Waals surface area contributed by atoms with Crippen molar-refractivity contribution in [1.82, 2.24) is 25.9 Å². The molecule has 4 N–H and O–H groups in total. The average Bonchev–Trinajstić information content (AvgIpc) is 0.783. The largest absolute Gasteiger partial charge is 0.508 e. The van der Waals surface area contributed by atoms with E-state index >= 15 is 0 Å². The monoisotopic (exact) mass is 1410 g/mol. The van der Waals surface area contributed by atoms with E-state index in [0.29, 0.717) is 71.1 Å². The van der Waals surface area contributed by atoms with Crippen LogP contribution in [0.1, 0.15) is 111 Å². The molecule has 2 aliphatic rings. The maximum absolute atomic E-state index is 13.5. The minimum Gasteiger partial charge on any atom is -0.508 e. The number of methoxy groups -OCH3 is 2. The Morgan fingerprint density at radius 1 is 0.750 bits per heavy atom. The topological polar surface area (TPSA) is 302 Å². The quantitative estimate of drug-likeness (QED) is 0.0200. The van der Waals surface area contributed by atoms with Gasteiger partial charge < -0.3 is 34.7 Å². The number of amides is 4. The van der Waals surface area contributed by atoms with Gasteiger partial charge in [0.15, 0.2) is 18.5 Å². The highest BCUT2D eigenvalue weighted by Gasteiger charge is 2.32. The molecule has 0 bridgehead atoms. The number of carbonyl (C=O) groups is 6. The number of aromatic hydroxyl groups is 1. The van der Waals surface area contributed by atoms with Crippen molar-refractivity contribution >= 4 is 125 Å². The smallest absolute Gasteiger partial charge is 0.339 e. The summed E-state index contributed by atoms with van der Waals surface area (Å²) in [4.78, 5) is 96.0.